The molecule has 0 aliphatic heterocycles. The minimum absolute atomic E-state index is 0.0395. The molecular formula is C19H26N3O+. The van der Waals surface area contributed by atoms with E-state index >= 15 is 0 Å². The third-order valence-electron chi connectivity index (χ3n) is 3.75. The maximum atomic E-state index is 12.3. The van der Waals surface area contributed by atoms with Gasteiger partial charge in [-0.3, -0.25) is 4.79 Å². The average Bonchev–Trinajstić information content (AvgIpc) is 2.53. The van der Waals surface area contributed by atoms with Gasteiger partial charge in [0.25, 0.3) is 5.91 Å². The van der Waals surface area contributed by atoms with Gasteiger partial charge in [-0.25, -0.2) is 0 Å². The van der Waals surface area contributed by atoms with Crippen LogP contribution in [0, 0.1) is 0 Å². The number of carbonyl (C=O) groups is 1. The second-order valence-electron chi connectivity index (χ2n) is 6.28. The van der Waals surface area contributed by atoms with Crippen LogP contribution in [0.2, 0.25) is 0 Å². The number of hydrogen-bond acceptors (Lipinski definition) is 2. The summed E-state index contributed by atoms with van der Waals surface area (Å²) in [7, 11) is 8.22. The summed E-state index contributed by atoms with van der Waals surface area (Å²) in [5.74, 6) is -0.0395. The number of nitrogens with zero attached hydrogens (tertiary/aromatic N) is 1. The molecular weight excluding hydrogens is 286 g/mol. The van der Waals surface area contributed by atoms with Crippen molar-refractivity contribution < 1.29 is 9.69 Å². The Morgan fingerprint density at radius 3 is 2.17 bits per heavy atom. The predicted molar refractivity (Wildman–Crippen MR) is 94.9 cm³/mol. The average molecular weight is 312 g/mol. The lowest BCUT2D eigenvalue weighted by atomic mass is 10.1. The van der Waals surface area contributed by atoms with E-state index in [1.54, 1.807) is 0 Å². The first-order valence-corrected chi connectivity index (χ1v) is 7.89. The molecule has 0 aromatic heterocycles. The van der Waals surface area contributed by atoms with Crippen LogP contribution in [0.25, 0.3) is 0 Å². The number of nitrogens with one attached hydrogen (secondary N) is 2. The highest BCUT2D eigenvalue weighted by Crippen LogP contribution is 2.13. The monoisotopic (exact) mass is 312 g/mol. The van der Waals surface area contributed by atoms with E-state index in [1.807, 2.05) is 55.4 Å². The van der Waals surface area contributed by atoms with E-state index in [2.05, 4.69) is 31.5 Å². The molecule has 2 rings (SSSR count). The lowest BCUT2D eigenvalue weighted by Crippen LogP contribution is -3.04. The summed E-state index contributed by atoms with van der Waals surface area (Å²) in [4.78, 5) is 15.7. The Kier molecular flexibility index (Phi) is 5.77. The summed E-state index contributed by atoms with van der Waals surface area (Å²) in [5.41, 5.74) is 4.22. The second-order valence-corrected chi connectivity index (χ2v) is 6.28. The van der Waals surface area contributed by atoms with Gasteiger partial charge >= 0.3 is 0 Å². The second kappa shape index (κ2) is 7.79. The van der Waals surface area contributed by atoms with E-state index in [0.717, 1.165) is 12.2 Å². The van der Waals surface area contributed by atoms with Gasteiger partial charge in [-0.1, -0.05) is 24.3 Å². The van der Waals surface area contributed by atoms with Crippen molar-refractivity contribution in [3.63, 3.8) is 0 Å². The standard InChI is InChI=1S/C19H25N3O/c1-21(2)14-17-8-6-5-7-16(17)13-20-19(23)15-9-11-18(12-10-15)22(3)4/h5-12H,13-14H2,1-4H3,(H,20,23)/p+1. The zero-order chi connectivity index (χ0) is 16.8. The molecule has 23 heavy (non-hydrogen) atoms. The maximum Gasteiger partial charge on any atom is 0.251 e. The van der Waals surface area contributed by atoms with Crippen molar-refractivity contribution in [2.45, 2.75) is 13.1 Å². The highest BCUT2D eigenvalue weighted by Gasteiger charge is 2.09. The molecule has 2 aromatic carbocycles. The van der Waals surface area contributed by atoms with Crippen molar-refractivity contribution in [3.8, 4) is 0 Å². The molecule has 0 atom stereocenters. The molecule has 0 spiro atoms. The normalized spacial score (nSPS) is 10.7. The molecule has 0 unspecified atom stereocenters. The molecule has 0 radical (unpaired) electrons. The summed E-state index contributed by atoms with van der Waals surface area (Å²) < 4.78 is 0. The zero-order valence-electron chi connectivity index (χ0n) is 14.4. The first-order chi connectivity index (χ1) is 11.0. The Morgan fingerprint density at radius 2 is 1.61 bits per heavy atom. The van der Waals surface area contributed by atoms with Crippen LogP contribution in [0.1, 0.15) is 21.5 Å². The highest BCUT2D eigenvalue weighted by molar-refractivity contribution is 5.94. The van der Waals surface area contributed by atoms with Gasteiger partial charge in [-0.05, 0) is 29.8 Å². The Balaban J connectivity index is 2.02. The van der Waals surface area contributed by atoms with Crippen LogP contribution in [-0.2, 0) is 13.1 Å². The molecule has 0 aliphatic carbocycles. The van der Waals surface area contributed by atoms with Crippen LogP contribution in [0.5, 0.6) is 0 Å². The molecule has 0 bridgehead atoms. The summed E-state index contributed by atoms with van der Waals surface area (Å²) in [6, 6.07) is 15.9. The third-order valence-corrected chi connectivity index (χ3v) is 3.75. The highest BCUT2D eigenvalue weighted by atomic mass is 16.1. The van der Waals surface area contributed by atoms with Crippen LogP contribution in [0.3, 0.4) is 0 Å². The SMILES string of the molecule is CN(C)c1ccc(C(=O)NCc2ccccc2C[NH+](C)C)cc1. The number of quaternary nitrogens is 1. The fraction of sp³-hybridized carbons (Fsp3) is 0.316. The van der Waals surface area contributed by atoms with Crippen molar-refractivity contribution in [1.29, 1.82) is 0 Å². The van der Waals surface area contributed by atoms with E-state index < -0.39 is 0 Å². The van der Waals surface area contributed by atoms with Crippen LogP contribution in [0.15, 0.2) is 48.5 Å². The smallest absolute Gasteiger partial charge is 0.251 e. The topological polar surface area (TPSA) is 36.8 Å². The van der Waals surface area contributed by atoms with E-state index in [1.165, 1.54) is 16.0 Å². The molecule has 0 saturated carbocycles. The third kappa shape index (κ3) is 4.83. The quantitative estimate of drug-likeness (QED) is 0.844. The van der Waals surface area contributed by atoms with Crippen molar-refractivity contribution in [1.82, 2.24) is 5.32 Å². The fourth-order valence-electron chi connectivity index (χ4n) is 2.47. The van der Waals surface area contributed by atoms with Crippen molar-refractivity contribution in [2.24, 2.45) is 0 Å². The van der Waals surface area contributed by atoms with Gasteiger partial charge < -0.3 is 15.1 Å². The molecule has 122 valence electrons. The molecule has 0 aliphatic rings. The number of carbonyl (C=O) groups excluding carboxylic acids is 1. The summed E-state index contributed by atoms with van der Waals surface area (Å²) >= 11 is 0. The van der Waals surface area contributed by atoms with E-state index in [0.29, 0.717) is 12.1 Å². The first-order valence-electron chi connectivity index (χ1n) is 7.89. The molecule has 1 amide bonds. The van der Waals surface area contributed by atoms with Gasteiger partial charge in [0.2, 0.25) is 0 Å². The van der Waals surface area contributed by atoms with Gasteiger partial charge in [0.1, 0.15) is 6.54 Å². The van der Waals surface area contributed by atoms with Gasteiger partial charge in [0.15, 0.2) is 0 Å². The number of hydrogen-bond donors (Lipinski definition) is 2. The Hall–Kier alpha value is -2.33. The minimum atomic E-state index is -0.0395. The van der Waals surface area contributed by atoms with Gasteiger partial charge in [-0.2, -0.15) is 0 Å². The number of benzene rings is 2. The molecule has 4 nitrogen and oxygen atoms in total. The first kappa shape index (κ1) is 17.0. The van der Waals surface area contributed by atoms with Gasteiger partial charge in [-0.15, -0.1) is 0 Å². The Labute approximate surface area is 138 Å². The van der Waals surface area contributed by atoms with Gasteiger partial charge in [0, 0.05) is 37.5 Å². The zero-order valence-corrected chi connectivity index (χ0v) is 14.4. The fourth-order valence-corrected chi connectivity index (χ4v) is 2.47. The van der Waals surface area contributed by atoms with Crippen molar-refractivity contribution in [3.05, 3.63) is 65.2 Å². The minimum Gasteiger partial charge on any atom is -0.378 e. The number of anilines is 1. The van der Waals surface area contributed by atoms with E-state index in [9.17, 15) is 4.79 Å². The number of rotatable bonds is 6. The Bertz CT molecular complexity index is 648. The predicted octanol–water partition coefficient (Wildman–Crippen LogP) is 1.33. The summed E-state index contributed by atoms with van der Waals surface area (Å²) in [5, 5.41) is 3.02. The van der Waals surface area contributed by atoms with E-state index in [4.69, 9.17) is 0 Å². The van der Waals surface area contributed by atoms with Crippen molar-refractivity contribution >= 4 is 11.6 Å². The molecule has 2 N–H and O–H groups in total. The van der Waals surface area contributed by atoms with Crippen LogP contribution in [0.4, 0.5) is 5.69 Å². The lowest BCUT2D eigenvalue weighted by Gasteiger charge is -2.14. The lowest BCUT2D eigenvalue weighted by molar-refractivity contribution is -0.872. The largest absolute Gasteiger partial charge is 0.378 e. The van der Waals surface area contributed by atoms with Crippen LogP contribution < -0.4 is 15.1 Å². The van der Waals surface area contributed by atoms with Crippen molar-refractivity contribution in [2.75, 3.05) is 33.1 Å². The van der Waals surface area contributed by atoms with Crippen LogP contribution >= 0.6 is 0 Å². The number of amides is 1. The molecule has 4 heteroatoms. The van der Waals surface area contributed by atoms with E-state index in [-0.39, 0.29) is 5.91 Å². The van der Waals surface area contributed by atoms with Gasteiger partial charge in [0.05, 0.1) is 14.1 Å². The molecule has 0 heterocycles. The Morgan fingerprint density at radius 1 is 1.00 bits per heavy atom. The molecule has 0 fully saturated rings. The molecule has 2 aromatic rings. The maximum absolute atomic E-state index is 12.3. The summed E-state index contributed by atoms with van der Waals surface area (Å²) in [6.07, 6.45) is 0. The van der Waals surface area contributed by atoms with Crippen LogP contribution in [-0.4, -0.2) is 34.1 Å². The summed E-state index contributed by atoms with van der Waals surface area (Å²) in [6.45, 7) is 1.50. The molecule has 0 saturated heterocycles.